The molecule has 0 aliphatic heterocycles. The molecule has 0 unspecified atom stereocenters. The average Bonchev–Trinajstić information content (AvgIpc) is 3.21. The predicted octanol–water partition coefficient (Wildman–Crippen LogP) is 5.91. The van der Waals surface area contributed by atoms with Gasteiger partial charge in [-0.25, -0.2) is 4.98 Å². The highest BCUT2D eigenvalue weighted by molar-refractivity contribution is 7.51. The first kappa shape index (κ1) is 34.8. The van der Waals surface area contributed by atoms with Gasteiger partial charge in [-0.2, -0.15) is 18.3 Å². The van der Waals surface area contributed by atoms with Gasteiger partial charge in [0.25, 0.3) is 0 Å². The second-order valence-electron chi connectivity index (χ2n) is 13.3. The third kappa shape index (κ3) is 8.51. The molecule has 10 heteroatoms. The molecule has 0 spiro atoms. The lowest BCUT2D eigenvalue weighted by atomic mass is 10.1. The first-order valence-electron chi connectivity index (χ1n) is 17.8. The lowest BCUT2D eigenvalue weighted by Gasteiger charge is -2.05. The third-order valence-electron chi connectivity index (χ3n) is 9.47. The largest absolute Gasteiger partial charge is 0.325 e. The Morgan fingerprint density at radius 1 is 0.537 bits per heavy atom. The van der Waals surface area contributed by atoms with Crippen LogP contribution in [0.2, 0.25) is 0 Å². The molecule has 8 aromatic rings. The number of hydrogen-bond acceptors (Lipinski definition) is 3. The van der Waals surface area contributed by atoms with Crippen LogP contribution < -0.4 is 18.3 Å². The van der Waals surface area contributed by atoms with E-state index in [4.69, 9.17) is 14.8 Å². The molecule has 9 nitrogen and oxygen atoms in total. The zero-order valence-electron chi connectivity index (χ0n) is 29.5. The average molecular weight is 731 g/mol. The molecule has 8 rings (SSSR count). The molecule has 0 radical (unpaired) electrons. The van der Waals surface area contributed by atoms with Gasteiger partial charge in [0.1, 0.15) is 11.4 Å². The van der Waals surface area contributed by atoms with Gasteiger partial charge in [-0.15, -0.1) is 0 Å². The Morgan fingerprint density at radius 2 is 1.04 bits per heavy atom. The van der Waals surface area contributed by atoms with Gasteiger partial charge >= 0.3 is 7.60 Å². The monoisotopic (exact) mass is 730 g/mol. The number of rotatable bonds is 11. The van der Waals surface area contributed by atoms with Crippen LogP contribution >= 0.6 is 7.60 Å². The number of aromatic nitrogens is 6. The van der Waals surface area contributed by atoms with Crippen molar-refractivity contribution in [3.63, 3.8) is 0 Å². The first-order chi connectivity index (χ1) is 26.3. The predicted molar refractivity (Wildman–Crippen MR) is 206 cm³/mol. The van der Waals surface area contributed by atoms with E-state index >= 15 is 0 Å². The molecule has 2 aromatic carbocycles. The molecule has 0 aliphatic carbocycles. The summed E-state index contributed by atoms with van der Waals surface area (Å²) in [7, 11) is -4.00. The minimum atomic E-state index is -4.00. The summed E-state index contributed by atoms with van der Waals surface area (Å²) in [5.41, 5.74) is 10.5. The maximum Gasteiger partial charge on any atom is 0.325 e. The van der Waals surface area contributed by atoms with Crippen molar-refractivity contribution in [1.29, 1.82) is 0 Å². The molecule has 0 saturated heterocycles. The lowest BCUT2D eigenvalue weighted by molar-refractivity contribution is -0.690. The third-order valence-corrected chi connectivity index (χ3v) is 10.3. The van der Waals surface area contributed by atoms with Gasteiger partial charge in [0, 0.05) is 84.4 Å². The minimum absolute atomic E-state index is 0.146. The van der Waals surface area contributed by atoms with Crippen molar-refractivity contribution in [1.82, 2.24) is 9.97 Å². The van der Waals surface area contributed by atoms with E-state index in [9.17, 15) is 4.57 Å². The lowest BCUT2D eigenvalue weighted by Crippen LogP contribution is -2.35. The van der Waals surface area contributed by atoms with E-state index in [1.54, 1.807) is 0 Å². The summed E-state index contributed by atoms with van der Waals surface area (Å²) in [4.78, 5) is 27.7. The fourth-order valence-corrected chi connectivity index (χ4v) is 7.05. The molecule has 6 heterocycles. The van der Waals surface area contributed by atoms with Gasteiger partial charge in [0.2, 0.25) is 11.4 Å². The smallest absolute Gasteiger partial charge is 0.324 e. The normalized spacial score (nSPS) is 11.5. The number of aryl methyl sites for hydroxylation is 1. The number of pyridine rings is 6. The number of nitrogens with zero attached hydrogens (tertiary/aromatic N) is 6. The van der Waals surface area contributed by atoms with Crippen LogP contribution in [0, 0.1) is 0 Å². The molecule has 54 heavy (non-hydrogen) atoms. The van der Waals surface area contributed by atoms with Crippen LogP contribution in [-0.2, 0) is 24.1 Å². The van der Waals surface area contributed by atoms with E-state index < -0.39 is 7.60 Å². The van der Waals surface area contributed by atoms with E-state index in [1.165, 1.54) is 0 Å². The molecular weight excluding hydrogens is 691 g/mol. The highest BCUT2D eigenvalue weighted by atomic mass is 31.2. The van der Waals surface area contributed by atoms with Gasteiger partial charge in [-0.05, 0) is 58.5 Å². The zero-order chi connectivity index (χ0) is 36.9. The molecule has 0 saturated carbocycles. The fourth-order valence-electron chi connectivity index (χ4n) is 6.51. The Morgan fingerprint density at radius 3 is 1.57 bits per heavy atom. The summed E-state index contributed by atoms with van der Waals surface area (Å²) >= 11 is 0. The van der Waals surface area contributed by atoms with E-state index in [0.717, 1.165) is 61.5 Å². The summed E-state index contributed by atoms with van der Waals surface area (Å²) < 4.78 is 19.6. The van der Waals surface area contributed by atoms with Crippen molar-refractivity contribution in [2.45, 2.75) is 19.5 Å². The van der Waals surface area contributed by atoms with E-state index in [0.29, 0.717) is 19.5 Å². The number of hydrogen-bond donors (Lipinski definition) is 2. The molecule has 0 bridgehead atoms. The van der Waals surface area contributed by atoms with Crippen molar-refractivity contribution >= 4 is 18.5 Å². The summed E-state index contributed by atoms with van der Waals surface area (Å²) in [6.45, 7) is 1.35. The highest BCUT2D eigenvalue weighted by Crippen LogP contribution is 2.34. The van der Waals surface area contributed by atoms with Crippen LogP contribution in [0.3, 0.4) is 0 Å². The summed E-state index contributed by atoms with van der Waals surface area (Å²) in [6.07, 6.45) is 18.6. The van der Waals surface area contributed by atoms with E-state index in [-0.39, 0.29) is 6.16 Å². The van der Waals surface area contributed by atoms with Crippen molar-refractivity contribution in [3.8, 4) is 33.6 Å². The molecular formula is C44H39N6O3P+4. The van der Waals surface area contributed by atoms with Gasteiger partial charge in [0.15, 0.2) is 62.7 Å². The van der Waals surface area contributed by atoms with Crippen molar-refractivity contribution in [2.24, 2.45) is 0 Å². The molecule has 6 aromatic heterocycles. The Hall–Kier alpha value is -6.25. The second kappa shape index (κ2) is 15.4. The van der Waals surface area contributed by atoms with Gasteiger partial charge < -0.3 is 9.79 Å². The zero-order valence-corrected chi connectivity index (χ0v) is 30.4. The summed E-state index contributed by atoms with van der Waals surface area (Å²) in [5.74, 6) is 0. The van der Waals surface area contributed by atoms with Crippen LogP contribution in [0.4, 0.5) is 0 Å². The molecule has 2 N–H and O–H groups in total. The van der Waals surface area contributed by atoms with E-state index in [1.807, 2.05) is 53.5 Å². The molecule has 0 amide bonds. The SMILES string of the molecule is O=P(O)(O)CCc1ccc(-[n+]2ccc(-c3cc[n+](Cc4cccc(C[n+]5ccc(-c6cc[n+](-c7ccc8ncccc8c7)cc6)cc5)n4)cc3)cc2)cc1. The Kier molecular flexibility index (Phi) is 9.92. The second-order valence-corrected chi connectivity index (χ2v) is 15.1. The van der Waals surface area contributed by atoms with Gasteiger partial charge in [-0.3, -0.25) is 9.55 Å². The van der Waals surface area contributed by atoms with Crippen molar-refractivity contribution < 1.29 is 32.6 Å². The maximum absolute atomic E-state index is 11.2. The van der Waals surface area contributed by atoms with Gasteiger partial charge in [-0.1, -0.05) is 24.3 Å². The standard InChI is InChI=1S/C44H37N6O3P/c51-54(52,53)30-20-34-6-8-42(9-7-34)49-26-16-37(17-27-49)35-12-22-47(23-13-35)32-40-4-1-5-41(46-40)33-48-24-14-36(15-25-48)38-18-28-50(29-19-38)43-10-11-44-39(31-43)3-2-21-45-44/h1-19,21-29,31H,20,30,32-33H2/q+2/p+2. The molecule has 0 atom stereocenters. The molecule has 264 valence electrons. The minimum Gasteiger partial charge on any atom is -0.324 e. The van der Waals surface area contributed by atoms with Crippen LogP contribution in [0.15, 0.2) is 177 Å². The van der Waals surface area contributed by atoms with Crippen LogP contribution in [0.5, 0.6) is 0 Å². The van der Waals surface area contributed by atoms with Crippen LogP contribution in [0.25, 0.3) is 44.5 Å². The molecule has 0 fully saturated rings. The van der Waals surface area contributed by atoms with Crippen molar-refractivity contribution in [3.05, 3.63) is 194 Å². The summed E-state index contributed by atoms with van der Waals surface area (Å²) in [5, 5.41) is 1.12. The van der Waals surface area contributed by atoms with Crippen LogP contribution in [-0.4, -0.2) is 25.9 Å². The maximum atomic E-state index is 11.2. The topological polar surface area (TPSA) is 98.8 Å². The quantitative estimate of drug-likeness (QED) is 0.128. The van der Waals surface area contributed by atoms with E-state index in [2.05, 4.69) is 147 Å². The Labute approximate surface area is 313 Å². The fraction of sp³-hybridized carbons (Fsp3) is 0.0909. The number of fused-ring (bicyclic) bond motifs is 1. The Balaban J connectivity index is 0.868. The molecule has 0 aliphatic rings. The van der Waals surface area contributed by atoms with Crippen molar-refractivity contribution in [2.75, 3.05) is 6.16 Å². The highest BCUT2D eigenvalue weighted by Gasteiger charge is 2.15. The number of benzene rings is 2. The van der Waals surface area contributed by atoms with Gasteiger partial charge in [0.05, 0.1) is 11.7 Å². The Bertz CT molecular complexity index is 2580. The first-order valence-corrected chi connectivity index (χ1v) is 19.6. The van der Waals surface area contributed by atoms with Crippen LogP contribution in [0.1, 0.15) is 17.0 Å². The summed E-state index contributed by atoms with van der Waals surface area (Å²) in [6, 6.07) is 41.3.